The second kappa shape index (κ2) is 9.38. The Labute approximate surface area is 186 Å². The highest BCUT2D eigenvalue weighted by Crippen LogP contribution is 2.34. The van der Waals surface area contributed by atoms with Crippen molar-refractivity contribution in [3.63, 3.8) is 0 Å². The van der Waals surface area contributed by atoms with Gasteiger partial charge < -0.3 is 14.8 Å². The number of carboxylic acids is 2. The molecule has 2 heterocycles. The number of hydrogen-bond donors (Lipinski definition) is 2. The number of carboxylic acid groups (broad SMARTS) is 2. The van der Waals surface area contributed by atoms with Crippen LogP contribution in [0.15, 0.2) is 60.7 Å². The number of aromatic carboxylic acids is 1. The van der Waals surface area contributed by atoms with E-state index in [1.165, 1.54) is 0 Å². The second-order valence-corrected chi connectivity index (χ2v) is 8.03. The van der Waals surface area contributed by atoms with E-state index in [1.807, 2.05) is 41.3 Å². The van der Waals surface area contributed by atoms with Gasteiger partial charge in [-0.2, -0.15) is 0 Å². The normalized spacial score (nSPS) is 16.5. The van der Waals surface area contributed by atoms with Crippen molar-refractivity contribution in [3.8, 4) is 0 Å². The maximum atomic E-state index is 12.4. The third kappa shape index (κ3) is 4.30. The highest BCUT2D eigenvalue weighted by atomic mass is 16.4. The molecule has 7 heteroatoms. The number of para-hydroxylation sites is 1. The summed E-state index contributed by atoms with van der Waals surface area (Å²) in [6, 6.07) is 16.4. The molecule has 1 saturated heterocycles. The third-order valence-electron chi connectivity index (χ3n) is 6.10. The van der Waals surface area contributed by atoms with Crippen LogP contribution in [0.25, 0.3) is 17.0 Å². The van der Waals surface area contributed by atoms with Crippen molar-refractivity contribution in [1.82, 2.24) is 14.4 Å². The Morgan fingerprint density at radius 3 is 2.28 bits per heavy atom. The molecule has 32 heavy (non-hydrogen) atoms. The largest absolute Gasteiger partial charge is 0.480 e. The Morgan fingerprint density at radius 1 is 0.969 bits per heavy atom. The molecule has 1 aliphatic heterocycles. The molecule has 1 aromatic heterocycles. The van der Waals surface area contributed by atoms with Gasteiger partial charge in [-0.1, -0.05) is 60.7 Å². The zero-order chi connectivity index (χ0) is 22.7. The van der Waals surface area contributed by atoms with Crippen molar-refractivity contribution in [2.75, 3.05) is 32.7 Å². The third-order valence-corrected chi connectivity index (χ3v) is 6.10. The average Bonchev–Trinajstić information content (AvgIpc) is 3.08. The Kier molecular flexibility index (Phi) is 6.39. The number of benzene rings is 2. The zero-order valence-corrected chi connectivity index (χ0v) is 18.0. The smallest absolute Gasteiger partial charge is 0.352 e. The molecule has 166 valence electrons. The van der Waals surface area contributed by atoms with Crippen LogP contribution in [-0.2, 0) is 11.8 Å². The summed E-state index contributed by atoms with van der Waals surface area (Å²) >= 11 is 0. The van der Waals surface area contributed by atoms with E-state index in [9.17, 15) is 19.8 Å². The van der Waals surface area contributed by atoms with Crippen molar-refractivity contribution < 1.29 is 19.8 Å². The standard InChI is InChI=1S/C25H27N3O4/c1-26-20-12-6-5-11-19(20)21(22(26)24(29)30)23(25(31)32)28-16-14-27(15-17-28)13-7-10-18-8-3-2-4-9-18/h2-12,23H,13-17H2,1H3,(H,29,30)(H,31,32). The molecule has 1 atom stereocenters. The maximum Gasteiger partial charge on any atom is 0.352 e. The highest BCUT2D eigenvalue weighted by Gasteiger charge is 2.36. The fourth-order valence-corrected chi connectivity index (χ4v) is 4.53. The summed E-state index contributed by atoms with van der Waals surface area (Å²) in [5.41, 5.74) is 2.26. The molecule has 0 bridgehead atoms. The predicted octanol–water partition coefficient (Wildman–Crippen LogP) is 3.33. The van der Waals surface area contributed by atoms with Crippen LogP contribution in [0.5, 0.6) is 0 Å². The Morgan fingerprint density at radius 2 is 1.62 bits per heavy atom. The van der Waals surface area contributed by atoms with Crippen molar-refractivity contribution in [3.05, 3.63) is 77.5 Å². The number of carbonyl (C=O) groups is 2. The Balaban J connectivity index is 1.53. The summed E-state index contributed by atoms with van der Waals surface area (Å²) in [5.74, 6) is -2.14. The first kappa shape index (κ1) is 21.8. The van der Waals surface area contributed by atoms with E-state index in [0.717, 1.165) is 30.7 Å². The SMILES string of the molecule is Cn1c(C(=O)O)c(C(C(=O)O)N2CCN(CC=Cc3ccccc3)CC2)c2ccccc21. The van der Waals surface area contributed by atoms with E-state index in [0.29, 0.717) is 24.0 Å². The molecular formula is C25H27N3O4. The number of aromatic nitrogens is 1. The van der Waals surface area contributed by atoms with Gasteiger partial charge in [-0.25, -0.2) is 4.79 Å². The summed E-state index contributed by atoms with van der Waals surface area (Å²) < 4.78 is 1.58. The number of fused-ring (bicyclic) bond motifs is 1. The highest BCUT2D eigenvalue weighted by molar-refractivity contribution is 6.01. The lowest BCUT2D eigenvalue weighted by atomic mass is 10.00. The van der Waals surface area contributed by atoms with E-state index in [-0.39, 0.29) is 5.69 Å². The van der Waals surface area contributed by atoms with Gasteiger partial charge in [0.05, 0.1) is 0 Å². The monoisotopic (exact) mass is 433 g/mol. The minimum Gasteiger partial charge on any atom is -0.480 e. The summed E-state index contributed by atoms with van der Waals surface area (Å²) in [6.45, 7) is 3.33. The van der Waals surface area contributed by atoms with E-state index in [1.54, 1.807) is 17.7 Å². The first-order valence-corrected chi connectivity index (χ1v) is 10.7. The van der Waals surface area contributed by atoms with Crippen LogP contribution in [0.2, 0.25) is 0 Å². The summed E-state index contributed by atoms with van der Waals surface area (Å²) in [6.07, 6.45) is 4.20. The molecular weight excluding hydrogens is 406 g/mol. The topological polar surface area (TPSA) is 86.0 Å². The fraction of sp³-hybridized carbons (Fsp3) is 0.280. The van der Waals surface area contributed by atoms with E-state index in [2.05, 4.69) is 29.2 Å². The molecule has 2 aromatic carbocycles. The first-order chi connectivity index (χ1) is 15.5. The average molecular weight is 434 g/mol. The lowest BCUT2D eigenvalue weighted by molar-refractivity contribution is -0.144. The minimum absolute atomic E-state index is 0.0341. The van der Waals surface area contributed by atoms with Gasteiger partial charge in [0, 0.05) is 56.2 Å². The van der Waals surface area contributed by atoms with Crippen LogP contribution in [0.3, 0.4) is 0 Å². The molecule has 1 fully saturated rings. The van der Waals surface area contributed by atoms with Gasteiger partial charge in [0.1, 0.15) is 11.7 Å². The van der Waals surface area contributed by atoms with Crippen molar-refractivity contribution in [1.29, 1.82) is 0 Å². The van der Waals surface area contributed by atoms with Gasteiger partial charge in [0.15, 0.2) is 0 Å². The number of hydrogen-bond acceptors (Lipinski definition) is 4. The summed E-state index contributed by atoms with van der Waals surface area (Å²) in [5, 5.41) is 20.7. The maximum absolute atomic E-state index is 12.4. The molecule has 0 radical (unpaired) electrons. The zero-order valence-electron chi connectivity index (χ0n) is 18.0. The minimum atomic E-state index is -1.12. The lowest BCUT2D eigenvalue weighted by Crippen LogP contribution is -2.49. The van der Waals surface area contributed by atoms with Crippen LogP contribution in [0.1, 0.15) is 27.7 Å². The summed E-state index contributed by atoms with van der Waals surface area (Å²) in [4.78, 5) is 28.6. The van der Waals surface area contributed by atoms with Crippen LogP contribution in [0.4, 0.5) is 0 Å². The second-order valence-electron chi connectivity index (χ2n) is 8.03. The first-order valence-electron chi connectivity index (χ1n) is 10.7. The van der Waals surface area contributed by atoms with Gasteiger partial charge in [0.2, 0.25) is 0 Å². The van der Waals surface area contributed by atoms with Crippen LogP contribution < -0.4 is 0 Å². The van der Waals surface area contributed by atoms with Crippen molar-refractivity contribution in [2.45, 2.75) is 6.04 Å². The summed E-state index contributed by atoms with van der Waals surface area (Å²) in [7, 11) is 1.67. The number of rotatable bonds is 7. The van der Waals surface area contributed by atoms with Crippen LogP contribution in [-0.4, -0.2) is 69.2 Å². The molecule has 2 N–H and O–H groups in total. The van der Waals surface area contributed by atoms with Crippen LogP contribution in [0, 0.1) is 0 Å². The molecule has 7 nitrogen and oxygen atoms in total. The molecule has 0 aliphatic carbocycles. The van der Waals surface area contributed by atoms with E-state index >= 15 is 0 Å². The van der Waals surface area contributed by atoms with Gasteiger partial charge in [-0.05, 0) is 11.6 Å². The predicted molar refractivity (Wildman–Crippen MR) is 124 cm³/mol. The van der Waals surface area contributed by atoms with Gasteiger partial charge in [-0.15, -0.1) is 0 Å². The Bertz CT molecular complexity index is 1140. The molecule has 0 saturated carbocycles. The molecule has 3 aromatic rings. The fourth-order valence-electron chi connectivity index (χ4n) is 4.53. The number of aliphatic carboxylic acids is 1. The molecule has 1 aliphatic rings. The van der Waals surface area contributed by atoms with Gasteiger partial charge >= 0.3 is 11.9 Å². The molecule has 0 amide bonds. The molecule has 1 unspecified atom stereocenters. The number of aryl methyl sites for hydroxylation is 1. The van der Waals surface area contributed by atoms with E-state index < -0.39 is 18.0 Å². The van der Waals surface area contributed by atoms with Gasteiger partial charge in [-0.3, -0.25) is 14.6 Å². The quantitative estimate of drug-likeness (QED) is 0.595. The molecule has 0 spiro atoms. The number of piperazine rings is 1. The number of nitrogens with zero attached hydrogens (tertiary/aromatic N) is 3. The Hall–Kier alpha value is -3.42. The lowest BCUT2D eigenvalue weighted by Gasteiger charge is -2.37. The van der Waals surface area contributed by atoms with E-state index in [4.69, 9.17) is 0 Å². The van der Waals surface area contributed by atoms with Gasteiger partial charge in [0.25, 0.3) is 0 Å². The van der Waals surface area contributed by atoms with Crippen molar-refractivity contribution in [2.24, 2.45) is 7.05 Å². The molecule has 4 rings (SSSR count). The van der Waals surface area contributed by atoms with Crippen molar-refractivity contribution >= 4 is 28.9 Å². The van der Waals surface area contributed by atoms with Crippen LogP contribution >= 0.6 is 0 Å².